The Morgan fingerprint density at radius 2 is 1.82 bits per heavy atom. The monoisotopic (exact) mass is 231 g/mol. The van der Waals surface area contributed by atoms with Crippen molar-refractivity contribution in [1.29, 1.82) is 0 Å². The number of carbonyl (C=O) groups excluding carboxylic acids is 1. The van der Waals surface area contributed by atoms with E-state index in [-0.39, 0.29) is 11.7 Å². The van der Waals surface area contributed by atoms with E-state index in [1.165, 1.54) is 18.4 Å². The van der Waals surface area contributed by atoms with Crippen molar-refractivity contribution < 1.29 is 4.79 Å². The summed E-state index contributed by atoms with van der Waals surface area (Å²) < 4.78 is 0. The number of hydrogen-bond donors (Lipinski definition) is 0. The van der Waals surface area contributed by atoms with E-state index in [1.807, 2.05) is 38.1 Å². The molecule has 0 aromatic heterocycles. The number of rotatable bonds is 4. The molecule has 2 rings (SSSR count). The predicted molar refractivity (Wildman–Crippen MR) is 70.3 cm³/mol. The van der Waals surface area contributed by atoms with Crippen LogP contribution in [0.1, 0.15) is 35.7 Å². The van der Waals surface area contributed by atoms with Crippen molar-refractivity contribution in [2.75, 3.05) is 19.6 Å². The normalized spacial score (nSPS) is 18.2. The van der Waals surface area contributed by atoms with E-state index >= 15 is 0 Å². The van der Waals surface area contributed by atoms with E-state index in [1.54, 1.807) is 0 Å². The Labute approximate surface area is 104 Å². The lowest BCUT2D eigenvalue weighted by Gasteiger charge is -2.19. The van der Waals surface area contributed by atoms with Gasteiger partial charge in [-0.25, -0.2) is 0 Å². The first kappa shape index (κ1) is 12.3. The summed E-state index contributed by atoms with van der Waals surface area (Å²) in [6.45, 7) is 7.31. The Bertz CT molecular complexity index is 376. The lowest BCUT2D eigenvalue weighted by atomic mass is 9.98. The molecule has 1 aromatic rings. The zero-order valence-electron chi connectivity index (χ0n) is 10.8. The number of likely N-dealkylation sites (tertiary alicyclic amines) is 1. The molecule has 17 heavy (non-hydrogen) atoms. The average Bonchev–Trinajstić information content (AvgIpc) is 2.82. The van der Waals surface area contributed by atoms with Crippen LogP contribution in [0.5, 0.6) is 0 Å². The van der Waals surface area contributed by atoms with E-state index in [9.17, 15) is 4.79 Å². The summed E-state index contributed by atoms with van der Waals surface area (Å²) >= 11 is 0. The van der Waals surface area contributed by atoms with E-state index in [0.29, 0.717) is 0 Å². The van der Waals surface area contributed by atoms with Crippen LogP contribution >= 0.6 is 0 Å². The molecule has 0 amide bonds. The number of carbonyl (C=O) groups is 1. The molecular formula is C15H21NO. The van der Waals surface area contributed by atoms with E-state index in [4.69, 9.17) is 0 Å². The minimum absolute atomic E-state index is 0.107. The van der Waals surface area contributed by atoms with E-state index in [2.05, 4.69) is 4.90 Å². The maximum atomic E-state index is 12.2. The third kappa shape index (κ3) is 3.16. The Morgan fingerprint density at radius 3 is 2.41 bits per heavy atom. The molecule has 0 N–H and O–H groups in total. The zero-order chi connectivity index (χ0) is 12.3. The van der Waals surface area contributed by atoms with Gasteiger partial charge in [-0.15, -0.1) is 0 Å². The molecule has 1 atom stereocenters. The SMILES string of the molecule is Cc1ccc(C(=O)C(C)CN2CCCC2)cc1. The van der Waals surface area contributed by atoms with Crippen molar-refractivity contribution in [3.63, 3.8) is 0 Å². The lowest BCUT2D eigenvalue weighted by molar-refractivity contribution is 0.0903. The highest BCUT2D eigenvalue weighted by Gasteiger charge is 2.20. The summed E-state index contributed by atoms with van der Waals surface area (Å²) in [6.07, 6.45) is 2.57. The first-order valence-corrected chi connectivity index (χ1v) is 6.50. The van der Waals surface area contributed by atoms with Gasteiger partial charge in [0.2, 0.25) is 0 Å². The predicted octanol–water partition coefficient (Wildman–Crippen LogP) is 2.91. The van der Waals surface area contributed by atoms with Gasteiger partial charge < -0.3 is 4.90 Å². The molecule has 1 saturated heterocycles. The minimum atomic E-state index is 0.107. The Morgan fingerprint density at radius 1 is 1.24 bits per heavy atom. The molecule has 1 heterocycles. The average molecular weight is 231 g/mol. The van der Waals surface area contributed by atoms with Crippen LogP contribution in [-0.4, -0.2) is 30.3 Å². The third-order valence-corrected chi connectivity index (χ3v) is 3.51. The summed E-state index contributed by atoms with van der Waals surface area (Å²) in [5.74, 6) is 0.382. The summed E-state index contributed by atoms with van der Waals surface area (Å²) in [4.78, 5) is 14.6. The van der Waals surface area contributed by atoms with E-state index < -0.39 is 0 Å². The van der Waals surface area contributed by atoms with Crippen molar-refractivity contribution in [2.24, 2.45) is 5.92 Å². The first-order valence-electron chi connectivity index (χ1n) is 6.50. The molecule has 2 nitrogen and oxygen atoms in total. The third-order valence-electron chi connectivity index (χ3n) is 3.51. The van der Waals surface area contributed by atoms with Gasteiger partial charge in [0.05, 0.1) is 0 Å². The number of ketones is 1. The van der Waals surface area contributed by atoms with Gasteiger partial charge in [-0.1, -0.05) is 36.8 Å². The fourth-order valence-electron chi connectivity index (χ4n) is 2.44. The van der Waals surface area contributed by atoms with Crippen LogP contribution in [0.2, 0.25) is 0 Å². The second-order valence-electron chi connectivity index (χ2n) is 5.14. The smallest absolute Gasteiger partial charge is 0.166 e. The Balaban J connectivity index is 1.96. The minimum Gasteiger partial charge on any atom is -0.303 e. The quantitative estimate of drug-likeness (QED) is 0.743. The van der Waals surface area contributed by atoms with Crippen LogP contribution in [-0.2, 0) is 0 Å². The number of benzene rings is 1. The molecular weight excluding hydrogens is 210 g/mol. The summed E-state index contributed by atoms with van der Waals surface area (Å²) in [7, 11) is 0. The molecule has 0 spiro atoms. The molecule has 0 saturated carbocycles. The van der Waals surface area contributed by atoms with E-state index in [0.717, 1.165) is 25.2 Å². The number of hydrogen-bond acceptors (Lipinski definition) is 2. The van der Waals surface area contributed by atoms with Gasteiger partial charge >= 0.3 is 0 Å². The van der Waals surface area contributed by atoms with Crippen LogP contribution in [0.15, 0.2) is 24.3 Å². The molecule has 1 aliphatic rings. The van der Waals surface area contributed by atoms with Crippen LogP contribution in [0, 0.1) is 12.8 Å². The van der Waals surface area contributed by atoms with Gasteiger partial charge in [0.1, 0.15) is 0 Å². The number of aryl methyl sites for hydroxylation is 1. The topological polar surface area (TPSA) is 20.3 Å². The first-order chi connectivity index (χ1) is 8.16. The Hall–Kier alpha value is -1.15. The summed E-state index contributed by atoms with van der Waals surface area (Å²) in [6, 6.07) is 7.90. The largest absolute Gasteiger partial charge is 0.303 e. The molecule has 1 aliphatic heterocycles. The number of nitrogens with zero attached hydrogens (tertiary/aromatic N) is 1. The van der Waals surface area contributed by atoms with Gasteiger partial charge in [-0.2, -0.15) is 0 Å². The van der Waals surface area contributed by atoms with Crippen molar-refractivity contribution in [3.8, 4) is 0 Å². The van der Waals surface area contributed by atoms with Gasteiger partial charge in [0.25, 0.3) is 0 Å². The van der Waals surface area contributed by atoms with Crippen LogP contribution in [0.25, 0.3) is 0 Å². The summed E-state index contributed by atoms with van der Waals surface area (Å²) in [5, 5.41) is 0. The standard InChI is InChI=1S/C15H21NO/c1-12-5-7-14(8-6-12)15(17)13(2)11-16-9-3-4-10-16/h5-8,13H,3-4,9-11H2,1-2H3. The van der Waals surface area contributed by atoms with Crippen LogP contribution < -0.4 is 0 Å². The maximum absolute atomic E-state index is 12.2. The fourth-order valence-corrected chi connectivity index (χ4v) is 2.44. The fraction of sp³-hybridized carbons (Fsp3) is 0.533. The number of Topliss-reactive ketones (excluding diaryl/α,β-unsaturated/α-hetero) is 1. The lowest BCUT2D eigenvalue weighted by Crippen LogP contribution is -2.29. The molecule has 0 aliphatic carbocycles. The highest BCUT2D eigenvalue weighted by Crippen LogP contribution is 2.14. The van der Waals surface area contributed by atoms with Crippen molar-refractivity contribution in [3.05, 3.63) is 35.4 Å². The van der Waals surface area contributed by atoms with Gasteiger partial charge in [0.15, 0.2) is 5.78 Å². The molecule has 1 fully saturated rings. The second-order valence-corrected chi connectivity index (χ2v) is 5.14. The maximum Gasteiger partial charge on any atom is 0.166 e. The second kappa shape index (κ2) is 5.46. The molecule has 0 bridgehead atoms. The van der Waals surface area contributed by atoms with Gasteiger partial charge in [-0.3, -0.25) is 4.79 Å². The van der Waals surface area contributed by atoms with Crippen molar-refractivity contribution in [2.45, 2.75) is 26.7 Å². The van der Waals surface area contributed by atoms with Crippen molar-refractivity contribution >= 4 is 5.78 Å². The summed E-state index contributed by atoms with van der Waals surface area (Å²) in [5.41, 5.74) is 2.05. The van der Waals surface area contributed by atoms with Crippen LogP contribution in [0.3, 0.4) is 0 Å². The van der Waals surface area contributed by atoms with Crippen LogP contribution in [0.4, 0.5) is 0 Å². The van der Waals surface area contributed by atoms with Gasteiger partial charge in [-0.05, 0) is 32.9 Å². The highest BCUT2D eigenvalue weighted by molar-refractivity contribution is 5.97. The van der Waals surface area contributed by atoms with Gasteiger partial charge in [0, 0.05) is 18.0 Å². The highest BCUT2D eigenvalue weighted by atomic mass is 16.1. The molecule has 1 unspecified atom stereocenters. The molecule has 0 radical (unpaired) electrons. The molecule has 1 aromatic carbocycles. The zero-order valence-corrected chi connectivity index (χ0v) is 10.8. The molecule has 92 valence electrons. The van der Waals surface area contributed by atoms with Crippen molar-refractivity contribution in [1.82, 2.24) is 4.90 Å². The molecule has 2 heteroatoms. The Kier molecular flexibility index (Phi) is 3.95.